The lowest BCUT2D eigenvalue weighted by Gasteiger charge is -2.10. The van der Waals surface area contributed by atoms with Gasteiger partial charge in [-0.3, -0.25) is 4.68 Å². The zero-order chi connectivity index (χ0) is 19.5. The average Bonchev–Trinajstić information content (AvgIpc) is 3.31. The van der Waals surface area contributed by atoms with E-state index >= 15 is 0 Å². The van der Waals surface area contributed by atoms with Crippen LogP contribution in [-0.4, -0.2) is 33.9 Å². The molecule has 1 aromatic carbocycles. The molecule has 0 aliphatic heterocycles. The van der Waals surface area contributed by atoms with Gasteiger partial charge in [0.15, 0.2) is 5.13 Å². The fourth-order valence-electron chi connectivity index (χ4n) is 2.75. The first-order valence-corrected chi connectivity index (χ1v) is 9.46. The maximum absolute atomic E-state index is 6.00. The molecule has 4 rings (SSSR count). The summed E-state index contributed by atoms with van der Waals surface area (Å²) in [5, 5.41) is 11.3. The van der Waals surface area contributed by atoms with Crippen molar-refractivity contribution < 1.29 is 9.47 Å². The van der Waals surface area contributed by atoms with Crippen LogP contribution in [0.25, 0.3) is 10.2 Å². The number of methoxy groups -OCH3 is 1. The van der Waals surface area contributed by atoms with E-state index in [9.17, 15) is 0 Å². The largest absolute Gasteiger partial charge is 0.494 e. The third-order valence-corrected chi connectivity index (χ3v) is 5.09. The summed E-state index contributed by atoms with van der Waals surface area (Å²) in [6, 6.07) is 7.72. The second-order valence-electron chi connectivity index (χ2n) is 6.11. The Hall–Kier alpha value is -3.33. The number of fused-ring (bicyclic) bond motifs is 1. The number of benzene rings is 1. The Morgan fingerprint density at radius 2 is 2.14 bits per heavy atom. The zero-order valence-corrected chi connectivity index (χ0v) is 16.6. The van der Waals surface area contributed by atoms with E-state index in [1.165, 1.54) is 0 Å². The molecule has 8 nitrogen and oxygen atoms in total. The number of rotatable bonds is 7. The molecule has 0 unspecified atom stereocenters. The van der Waals surface area contributed by atoms with Crippen molar-refractivity contribution in [3.8, 4) is 11.5 Å². The number of hydrogen-bond donors (Lipinski definition) is 2. The number of pyridine rings is 1. The van der Waals surface area contributed by atoms with E-state index in [-0.39, 0.29) is 0 Å². The van der Waals surface area contributed by atoms with Crippen molar-refractivity contribution in [1.82, 2.24) is 19.7 Å². The predicted octanol–water partition coefficient (Wildman–Crippen LogP) is 3.80. The summed E-state index contributed by atoms with van der Waals surface area (Å²) in [6.45, 7) is 0.413. The molecule has 2 N–H and O–H groups in total. The van der Waals surface area contributed by atoms with E-state index in [0.29, 0.717) is 12.4 Å². The van der Waals surface area contributed by atoms with Crippen molar-refractivity contribution in [3.05, 3.63) is 48.4 Å². The second-order valence-corrected chi connectivity index (χ2v) is 7.14. The van der Waals surface area contributed by atoms with Crippen molar-refractivity contribution in [1.29, 1.82) is 0 Å². The SMILES string of the molecule is CNc1nc2c(OC)cc(OCc3ccnc(Nc4cnn(C)c4)c3)cc2s1. The molecule has 0 aliphatic carbocycles. The summed E-state index contributed by atoms with van der Waals surface area (Å²) < 4.78 is 14.2. The zero-order valence-electron chi connectivity index (χ0n) is 15.8. The predicted molar refractivity (Wildman–Crippen MR) is 111 cm³/mol. The summed E-state index contributed by atoms with van der Waals surface area (Å²) in [6.07, 6.45) is 5.39. The van der Waals surface area contributed by atoms with Crippen molar-refractivity contribution in [2.45, 2.75) is 6.61 Å². The Bertz CT molecular complexity index is 1110. The van der Waals surface area contributed by atoms with Crippen LogP contribution in [0.1, 0.15) is 5.56 Å². The van der Waals surface area contributed by atoms with E-state index in [0.717, 1.165) is 38.2 Å². The maximum atomic E-state index is 6.00. The van der Waals surface area contributed by atoms with Gasteiger partial charge in [0, 0.05) is 32.6 Å². The number of nitrogens with one attached hydrogen (secondary N) is 2. The molecule has 0 spiro atoms. The fraction of sp³-hybridized carbons (Fsp3) is 0.211. The van der Waals surface area contributed by atoms with Crippen molar-refractivity contribution in [2.24, 2.45) is 7.05 Å². The number of hydrogen-bond acceptors (Lipinski definition) is 8. The molecule has 0 saturated carbocycles. The van der Waals surface area contributed by atoms with Crippen LogP contribution in [0.2, 0.25) is 0 Å². The molecule has 144 valence electrons. The average molecular weight is 396 g/mol. The second kappa shape index (κ2) is 7.73. The molecule has 0 saturated heterocycles. The maximum Gasteiger partial charge on any atom is 0.183 e. The minimum atomic E-state index is 0.413. The van der Waals surface area contributed by atoms with Crippen LogP contribution in [0.3, 0.4) is 0 Å². The Morgan fingerprint density at radius 3 is 2.89 bits per heavy atom. The number of thiazole rings is 1. The highest BCUT2D eigenvalue weighted by Gasteiger charge is 2.11. The molecule has 0 aliphatic rings. The van der Waals surface area contributed by atoms with Gasteiger partial charge in [0.25, 0.3) is 0 Å². The molecule has 4 aromatic rings. The number of anilines is 3. The van der Waals surface area contributed by atoms with Gasteiger partial charge in [-0.25, -0.2) is 9.97 Å². The van der Waals surface area contributed by atoms with Gasteiger partial charge >= 0.3 is 0 Å². The van der Waals surface area contributed by atoms with E-state index in [1.807, 2.05) is 44.6 Å². The molecule has 9 heteroatoms. The Morgan fingerprint density at radius 1 is 1.25 bits per heavy atom. The highest BCUT2D eigenvalue weighted by atomic mass is 32.1. The van der Waals surface area contributed by atoms with Crippen LogP contribution in [0, 0.1) is 0 Å². The van der Waals surface area contributed by atoms with Crippen LogP contribution in [-0.2, 0) is 13.7 Å². The van der Waals surface area contributed by atoms with Crippen LogP contribution in [0.4, 0.5) is 16.6 Å². The smallest absolute Gasteiger partial charge is 0.183 e. The minimum absolute atomic E-state index is 0.413. The molecular weight excluding hydrogens is 376 g/mol. The molecule has 0 bridgehead atoms. The molecule has 0 atom stereocenters. The standard InChI is InChI=1S/C19H20N6O2S/c1-20-19-24-18-15(26-3)7-14(8-16(18)28-19)27-11-12-4-5-21-17(6-12)23-13-9-22-25(2)10-13/h4-10H,11H2,1-3H3,(H,20,24)(H,21,23). The lowest BCUT2D eigenvalue weighted by atomic mass is 10.2. The summed E-state index contributed by atoms with van der Waals surface area (Å²) in [5.41, 5.74) is 2.71. The first-order chi connectivity index (χ1) is 13.6. The van der Waals surface area contributed by atoms with E-state index in [1.54, 1.807) is 35.5 Å². The van der Waals surface area contributed by atoms with E-state index in [4.69, 9.17) is 9.47 Å². The Labute approximate surface area is 166 Å². The molecule has 0 amide bonds. The summed E-state index contributed by atoms with van der Waals surface area (Å²) in [4.78, 5) is 8.86. The fourth-order valence-corrected chi connectivity index (χ4v) is 3.62. The van der Waals surface area contributed by atoms with Gasteiger partial charge in [-0.2, -0.15) is 5.10 Å². The summed E-state index contributed by atoms with van der Waals surface area (Å²) >= 11 is 1.56. The van der Waals surface area contributed by atoms with E-state index in [2.05, 4.69) is 25.7 Å². The monoisotopic (exact) mass is 396 g/mol. The summed E-state index contributed by atoms with van der Waals surface area (Å²) in [7, 11) is 5.36. The molecule has 3 heterocycles. The minimum Gasteiger partial charge on any atom is -0.494 e. The first-order valence-electron chi connectivity index (χ1n) is 8.64. The van der Waals surface area contributed by atoms with Crippen LogP contribution >= 0.6 is 11.3 Å². The summed E-state index contributed by atoms with van der Waals surface area (Å²) in [5.74, 6) is 2.16. The van der Waals surface area contributed by atoms with Crippen molar-refractivity contribution in [3.63, 3.8) is 0 Å². The third-order valence-electron chi connectivity index (χ3n) is 4.07. The number of ether oxygens (including phenoxy) is 2. The topological polar surface area (TPSA) is 86.1 Å². The third kappa shape index (κ3) is 3.84. The molecule has 3 aromatic heterocycles. The normalized spacial score (nSPS) is 10.8. The van der Waals surface area contributed by atoms with Gasteiger partial charge < -0.3 is 20.1 Å². The molecule has 0 fully saturated rings. The molecular formula is C19H20N6O2S. The lowest BCUT2D eigenvalue weighted by Crippen LogP contribution is -1.99. The Balaban J connectivity index is 1.50. The molecule has 0 radical (unpaired) electrons. The molecule has 28 heavy (non-hydrogen) atoms. The van der Waals surface area contributed by atoms with Crippen LogP contribution < -0.4 is 20.1 Å². The lowest BCUT2D eigenvalue weighted by molar-refractivity contribution is 0.304. The van der Waals surface area contributed by atoms with Gasteiger partial charge in [0.05, 0.1) is 23.7 Å². The van der Waals surface area contributed by atoms with Crippen LogP contribution in [0.15, 0.2) is 42.9 Å². The number of aromatic nitrogens is 4. The quantitative estimate of drug-likeness (QED) is 0.491. The van der Waals surface area contributed by atoms with Crippen LogP contribution in [0.5, 0.6) is 11.5 Å². The number of nitrogens with zero attached hydrogens (tertiary/aromatic N) is 4. The Kier molecular flexibility index (Phi) is 4.98. The van der Waals surface area contributed by atoms with Gasteiger partial charge in [-0.15, -0.1) is 0 Å². The van der Waals surface area contributed by atoms with Gasteiger partial charge in [-0.1, -0.05) is 11.3 Å². The van der Waals surface area contributed by atoms with Gasteiger partial charge in [0.1, 0.15) is 29.4 Å². The number of aryl methyl sites for hydroxylation is 1. The van der Waals surface area contributed by atoms with Crippen molar-refractivity contribution in [2.75, 3.05) is 24.8 Å². The first kappa shape index (κ1) is 18.1. The van der Waals surface area contributed by atoms with Crippen molar-refractivity contribution >= 4 is 38.2 Å². The van der Waals surface area contributed by atoms with E-state index < -0.39 is 0 Å². The highest BCUT2D eigenvalue weighted by Crippen LogP contribution is 2.36. The van der Waals surface area contributed by atoms with Gasteiger partial charge in [0.2, 0.25) is 0 Å². The van der Waals surface area contributed by atoms with Gasteiger partial charge in [-0.05, 0) is 23.8 Å². The highest BCUT2D eigenvalue weighted by molar-refractivity contribution is 7.22.